The average Bonchev–Trinajstić information content (AvgIpc) is 2.67. The zero-order chi connectivity index (χ0) is 11.8. The van der Waals surface area contributed by atoms with Crippen molar-refractivity contribution < 1.29 is 4.39 Å². The maximum absolute atomic E-state index is 13.2. The quantitative estimate of drug-likeness (QED) is 0.491. The summed E-state index contributed by atoms with van der Waals surface area (Å²) in [6, 6.07) is 14.8. The van der Waals surface area contributed by atoms with Gasteiger partial charge in [-0.2, -0.15) is 0 Å². The van der Waals surface area contributed by atoms with E-state index in [9.17, 15) is 4.39 Å². The second-order valence-electron chi connectivity index (χ2n) is 3.67. The van der Waals surface area contributed by atoms with E-state index in [-0.39, 0.29) is 20.5 Å². The summed E-state index contributed by atoms with van der Waals surface area (Å²) in [5.41, 5.74) is 1.08. The van der Waals surface area contributed by atoms with Gasteiger partial charge in [0.2, 0.25) is 0 Å². The molecule has 0 radical (unpaired) electrons. The van der Waals surface area contributed by atoms with E-state index in [2.05, 4.69) is 3.56 Å². The van der Waals surface area contributed by atoms with Gasteiger partial charge in [-0.05, 0) is 0 Å². The van der Waals surface area contributed by atoms with Crippen molar-refractivity contribution in [3.05, 3.63) is 59.0 Å². The second-order valence-corrected chi connectivity index (χ2v) is 6.13. The molecule has 1 heterocycles. The van der Waals surface area contributed by atoms with Crippen LogP contribution < -0.4 is 0 Å². The van der Waals surface area contributed by atoms with Gasteiger partial charge >= 0.3 is 109 Å². The molecule has 0 atom stereocenters. The van der Waals surface area contributed by atoms with Crippen molar-refractivity contribution in [2.75, 3.05) is 0 Å². The fraction of sp³-hybridized carbons (Fsp3) is 0. The topological polar surface area (TPSA) is 4.93 Å². The van der Waals surface area contributed by atoms with Gasteiger partial charge in [0.25, 0.3) is 0 Å². The zero-order valence-electron chi connectivity index (χ0n) is 8.76. The van der Waals surface area contributed by atoms with Crippen LogP contribution in [0.1, 0.15) is 0 Å². The van der Waals surface area contributed by atoms with E-state index in [0.29, 0.717) is 0 Å². The Morgan fingerprint density at radius 2 is 1.82 bits per heavy atom. The third-order valence-electron chi connectivity index (χ3n) is 2.54. The number of fused-ring (bicyclic) bond motifs is 1. The van der Waals surface area contributed by atoms with Crippen LogP contribution in [-0.2, 0) is 0 Å². The van der Waals surface area contributed by atoms with Gasteiger partial charge in [0, 0.05) is 0 Å². The zero-order valence-corrected chi connectivity index (χ0v) is 11.3. The third-order valence-corrected chi connectivity index (χ3v) is 5.53. The van der Waals surface area contributed by atoms with E-state index in [1.54, 1.807) is 12.1 Å². The van der Waals surface area contributed by atoms with Crippen molar-refractivity contribution in [3.8, 4) is 5.69 Å². The maximum atomic E-state index is 13.2. The molecule has 17 heavy (non-hydrogen) atoms. The molecule has 0 bridgehead atoms. The number of hydrogen-bond donors (Lipinski definition) is 0. The monoisotopic (exact) mass is 309 g/mol. The van der Waals surface area contributed by atoms with E-state index >= 15 is 0 Å². The van der Waals surface area contributed by atoms with Crippen LogP contribution in [0.15, 0.2) is 48.5 Å². The van der Waals surface area contributed by atoms with Crippen LogP contribution >= 0.6 is 12.2 Å². The van der Waals surface area contributed by atoms with Crippen molar-refractivity contribution in [1.29, 1.82) is 0 Å². The summed E-state index contributed by atoms with van der Waals surface area (Å²) in [5.74, 6) is -0.191. The summed E-state index contributed by atoms with van der Waals surface area (Å²) in [4.78, 5) is 0. The van der Waals surface area contributed by atoms with Crippen LogP contribution in [0.2, 0.25) is 0 Å². The molecular formula is C13H8FNSSe. The SMILES string of the molecule is Fc1ccc2c(=S)n(-c3ccccc3)[se]c2c1. The molecule has 0 fully saturated rings. The molecule has 0 aliphatic heterocycles. The van der Waals surface area contributed by atoms with Crippen LogP contribution in [0, 0.1) is 10.5 Å². The van der Waals surface area contributed by atoms with Crippen LogP contribution in [-0.4, -0.2) is 18.3 Å². The molecule has 0 saturated carbocycles. The van der Waals surface area contributed by atoms with Crippen molar-refractivity contribution in [2.45, 2.75) is 0 Å². The summed E-state index contributed by atoms with van der Waals surface area (Å²) in [6.45, 7) is 0. The summed E-state index contributed by atoms with van der Waals surface area (Å²) >= 11 is 5.48. The minimum atomic E-state index is -0.191. The Morgan fingerprint density at radius 3 is 2.59 bits per heavy atom. The number of rotatable bonds is 1. The molecule has 2 aromatic carbocycles. The van der Waals surface area contributed by atoms with Crippen molar-refractivity contribution in [1.82, 2.24) is 3.56 Å². The second kappa shape index (κ2) is 4.22. The Balaban J connectivity index is 2.32. The van der Waals surface area contributed by atoms with Gasteiger partial charge in [-0.15, -0.1) is 0 Å². The molecule has 0 unspecified atom stereocenters. The van der Waals surface area contributed by atoms with E-state index in [1.807, 2.05) is 30.3 Å². The third kappa shape index (κ3) is 1.89. The standard InChI is InChI=1S/C13H8FNSSe/c14-9-6-7-11-12(8-9)17-15(13(11)16)10-4-2-1-3-5-10/h1-8H. The van der Waals surface area contributed by atoms with Gasteiger partial charge in [-0.1, -0.05) is 0 Å². The van der Waals surface area contributed by atoms with Crippen molar-refractivity contribution >= 4 is 36.6 Å². The van der Waals surface area contributed by atoms with Crippen LogP contribution in [0.5, 0.6) is 0 Å². The van der Waals surface area contributed by atoms with Crippen LogP contribution in [0.4, 0.5) is 4.39 Å². The summed E-state index contributed by atoms with van der Waals surface area (Å²) in [7, 11) is 0. The van der Waals surface area contributed by atoms with Gasteiger partial charge in [-0.25, -0.2) is 0 Å². The molecule has 3 aromatic rings. The molecule has 1 nitrogen and oxygen atoms in total. The van der Waals surface area contributed by atoms with E-state index in [4.69, 9.17) is 12.2 Å². The fourth-order valence-electron chi connectivity index (χ4n) is 1.73. The molecule has 0 saturated heterocycles. The molecular weight excluding hydrogens is 300 g/mol. The first-order valence-corrected chi connectivity index (χ1v) is 7.16. The van der Waals surface area contributed by atoms with Gasteiger partial charge < -0.3 is 0 Å². The molecule has 0 aliphatic rings. The molecule has 0 amide bonds. The Morgan fingerprint density at radius 1 is 1.06 bits per heavy atom. The Bertz CT molecular complexity index is 730. The van der Waals surface area contributed by atoms with E-state index in [1.165, 1.54) is 6.07 Å². The summed E-state index contributed by atoms with van der Waals surface area (Å²) in [6.07, 6.45) is 0. The van der Waals surface area contributed by atoms with Crippen LogP contribution in [0.3, 0.4) is 0 Å². The number of hydrogen-bond acceptors (Lipinski definition) is 1. The molecule has 0 aliphatic carbocycles. The Hall–Kier alpha value is -1.22. The van der Waals surface area contributed by atoms with Gasteiger partial charge in [0.05, 0.1) is 0 Å². The molecule has 4 heteroatoms. The molecule has 0 N–H and O–H groups in total. The first-order chi connectivity index (χ1) is 8.25. The van der Waals surface area contributed by atoms with Gasteiger partial charge in [0.15, 0.2) is 0 Å². The van der Waals surface area contributed by atoms with Gasteiger partial charge in [0.1, 0.15) is 0 Å². The number of benzene rings is 2. The first kappa shape index (κ1) is 10.9. The Labute approximate surface area is 109 Å². The average molecular weight is 308 g/mol. The summed E-state index contributed by atoms with van der Waals surface area (Å²) < 4.78 is 17.1. The number of nitrogens with zero attached hydrogens (tertiary/aromatic N) is 1. The molecule has 0 spiro atoms. The fourth-order valence-corrected chi connectivity index (χ4v) is 4.52. The van der Waals surface area contributed by atoms with Crippen LogP contribution in [0.25, 0.3) is 15.3 Å². The number of aromatic nitrogens is 1. The predicted octanol–water partition coefficient (Wildman–Crippen LogP) is 3.56. The summed E-state index contributed by atoms with van der Waals surface area (Å²) in [5, 5.41) is 0.991. The van der Waals surface area contributed by atoms with E-state index in [0.717, 1.165) is 20.0 Å². The normalized spacial score (nSPS) is 10.9. The number of para-hydroxylation sites is 1. The molecule has 84 valence electrons. The van der Waals surface area contributed by atoms with Crippen molar-refractivity contribution in [2.24, 2.45) is 0 Å². The Kier molecular flexibility index (Phi) is 2.71. The number of halogens is 1. The van der Waals surface area contributed by atoms with Gasteiger partial charge in [-0.3, -0.25) is 0 Å². The molecule has 1 aromatic heterocycles. The van der Waals surface area contributed by atoms with Crippen molar-refractivity contribution in [3.63, 3.8) is 0 Å². The van der Waals surface area contributed by atoms with E-state index < -0.39 is 0 Å². The first-order valence-electron chi connectivity index (χ1n) is 5.13. The minimum absolute atomic E-state index is 0.0376. The molecule has 3 rings (SSSR count). The predicted molar refractivity (Wildman–Crippen MR) is 71.0 cm³/mol.